The van der Waals surface area contributed by atoms with Crippen LogP contribution in [0.1, 0.15) is 68.5 Å². The number of likely N-dealkylation sites (tertiary alicyclic amines) is 1. The van der Waals surface area contributed by atoms with E-state index in [2.05, 4.69) is 12.1 Å². The maximum absolute atomic E-state index is 12.8. The van der Waals surface area contributed by atoms with Gasteiger partial charge >= 0.3 is 6.09 Å². The van der Waals surface area contributed by atoms with E-state index in [1.807, 2.05) is 53.2 Å². The van der Waals surface area contributed by atoms with Crippen LogP contribution in [0.2, 0.25) is 0 Å². The Morgan fingerprint density at radius 1 is 1.00 bits per heavy atom. The summed E-state index contributed by atoms with van der Waals surface area (Å²) >= 11 is 1.92. The molecular weight excluding hydrogens is 380 g/mol. The van der Waals surface area contributed by atoms with E-state index in [1.54, 1.807) is 0 Å². The largest absolute Gasteiger partial charge is 0.445 e. The molecule has 0 N–H and O–H groups in total. The molecule has 2 aliphatic rings. The van der Waals surface area contributed by atoms with Crippen LogP contribution in [-0.4, -0.2) is 27.8 Å². The van der Waals surface area contributed by atoms with Crippen LogP contribution in [0.15, 0.2) is 53.7 Å². The summed E-state index contributed by atoms with van der Waals surface area (Å²) < 4.78 is 5.61. The van der Waals surface area contributed by atoms with Gasteiger partial charge in [0, 0.05) is 18.0 Å². The van der Waals surface area contributed by atoms with Gasteiger partial charge in [-0.25, -0.2) is 9.78 Å². The molecule has 1 aliphatic heterocycles. The summed E-state index contributed by atoms with van der Waals surface area (Å²) in [6.45, 7) is 1.06. The summed E-state index contributed by atoms with van der Waals surface area (Å²) in [6, 6.07) is 14.2. The molecular formula is C24H30N2O2S. The zero-order valence-electron chi connectivity index (χ0n) is 17.0. The van der Waals surface area contributed by atoms with Gasteiger partial charge in [-0.3, -0.25) is 0 Å². The highest BCUT2D eigenvalue weighted by atomic mass is 32.2. The lowest BCUT2D eigenvalue weighted by Crippen LogP contribution is -2.38. The third kappa shape index (κ3) is 5.53. The first-order valence-corrected chi connectivity index (χ1v) is 11.8. The molecule has 0 spiro atoms. The van der Waals surface area contributed by atoms with Crippen molar-refractivity contribution in [1.29, 1.82) is 0 Å². The number of hydrogen-bond donors (Lipinski definition) is 0. The molecule has 4 rings (SSSR count). The van der Waals surface area contributed by atoms with Crippen LogP contribution in [0.3, 0.4) is 0 Å². The average Bonchev–Trinajstić information content (AvgIpc) is 2.79. The molecule has 1 aliphatic carbocycles. The predicted octanol–water partition coefficient (Wildman–Crippen LogP) is 6.37. The van der Waals surface area contributed by atoms with Crippen LogP contribution < -0.4 is 0 Å². The summed E-state index contributed by atoms with van der Waals surface area (Å²) in [4.78, 5) is 19.4. The normalized spacial score (nSPS) is 20.4. The predicted molar refractivity (Wildman–Crippen MR) is 117 cm³/mol. The summed E-state index contributed by atoms with van der Waals surface area (Å²) in [5.74, 6) is 0. The SMILES string of the molecule is O=C(OCc1ccccc1)N1CCCC[C@@H]1c1ccc(SC2CCCCC2)nc1. The Hall–Kier alpha value is -2.01. The summed E-state index contributed by atoms with van der Waals surface area (Å²) in [5.41, 5.74) is 2.13. The molecule has 29 heavy (non-hydrogen) atoms. The van der Waals surface area contributed by atoms with Crippen LogP contribution in [0.25, 0.3) is 0 Å². The quantitative estimate of drug-likeness (QED) is 0.574. The first-order valence-electron chi connectivity index (χ1n) is 10.9. The maximum atomic E-state index is 12.8. The fourth-order valence-electron chi connectivity index (χ4n) is 4.31. The molecule has 1 aromatic heterocycles. The number of carbonyl (C=O) groups is 1. The van der Waals surface area contributed by atoms with Gasteiger partial charge in [0.05, 0.1) is 11.1 Å². The van der Waals surface area contributed by atoms with Crippen molar-refractivity contribution in [3.05, 3.63) is 59.8 Å². The molecule has 0 radical (unpaired) electrons. The highest BCUT2D eigenvalue weighted by Crippen LogP contribution is 2.35. The monoisotopic (exact) mass is 410 g/mol. The number of nitrogens with zero attached hydrogens (tertiary/aromatic N) is 2. The fraction of sp³-hybridized carbons (Fsp3) is 0.500. The van der Waals surface area contributed by atoms with Crippen LogP contribution in [0.4, 0.5) is 4.79 Å². The molecule has 5 heteroatoms. The zero-order chi connectivity index (χ0) is 19.9. The highest BCUT2D eigenvalue weighted by Gasteiger charge is 2.29. The smallest absolute Gasteiger partial charge is 0.410 e. The number of thioether (sulfide) groups is 1. The first-order chi connectivity index (χ1) is 14.3. The van der Waals surface area contributed by atoms with E-state index in [1.165, 1.54) is 32.1 Å². The van der Waals surface area contributed by atoms with Gasteiger partial charge in [0.25, 0.3) is 0 Å². The Bertz CT molecular complexity index is 775. The molecule has 2 fully saturated rings. The van der Waals surface area contributed by atoms with Crippen molar-refractivity contribution < 1.29 is 9.53 Å². The van der Waals surface area contributed by atoms with Crippen LogP contribution in [0, 0.1) is 0 Å². The van der Waals surface area contributed by atoms with Gasteiger partial charge in [-0.15, -0.1) is 11.8 Å². The summed E-state index contributed by atoms with van der Waals surface area (Å²) in [5, 5.41) is 1.82. The molecule has 0 unspecified atom stereocenters. The molecule has 4 nitrogen and oxygen atoms in total. The number of pyridine rings is 1. The second kappa shape index (κ2) is 10.1. The van der Waals surface area contributed by atoms with E-state index in [4.69, 9.17) is 9.72 Å². The molecule has 0 bridgehead atoms. The molecule has 1 amide bonds. The average molecular weight is 411 g/mol. The molecule has 154 valence electrons. The van der Waals surface area contributed by atoms with Gasteiger partial charge in [0.15, 0.2) is 0 Å². The van der Waals surface area contributed by atoms with E-state index in [0.717, 1.165) is 42.0 Å². The van der Waals surface area contributed by atoms with E-state index in [-0.39, 0.29) is 12.1 Å². The minimum atomic E-state index is -0.223. The van der Waals surface area contributed by atoms with Gasteiger partial charge in [0.1, 0.15) is 6.61 Å². The van der Waals surface area contributed by atoms with Crippen LogP contribution >= 0.6 is 11.8 Å². The molecule has 1 saturated heterocycles. The van der Waals surface area contributed by atoms with Crippen molar-refractivity contribution in [2.24, 2.45) is 0 Å². The Morgan fingerprint density at radius 3 is 2.55 bits per heavy atom. The molecule has 1 aromatic carbocycles. The number of piperidine rings is 1. The van der Waals surface area contributed by atoms with Gasteiger partial charge in [-0.05, 0) is 49.3 Å². The molecule has 2 heterocycles. The Kier molecular flexibility index (Phi) is 7.09. The van der Waals surface area contributed by atoms with Crippen molar-refractivity contribution in [2.75, 3.05) is 6.54 Å². The Balaban J connectivity index is 1.38. The van der Waals surface area contributed by atoms with Crippen molar-refractivity contribution in [1.82, 2.24) is 9.88 Å². The topological polar surface area (TPSA) is 42.4 Å². The minimum absolute atomic E-state index is 0.0632. The molecule has 1 atom stereocenters. The second-order valence-corrected chi connectivity index (χ2v) is 9.37. The lowest BCUT2D eigenvalue weighted by molar-refractivity contribution is 0.0678. The first kappa shape index (κ1) is 20.3. The van der Waals surface area contributed by atoms with Gasteiger partial charge in [-0.2, -0.15) is 0 Å². The number of hydrogen-bond acceptors (Lipinski definition) is 4. The number of ether oxygens (including phenoxy) is 1. The lowest BCUT2D eigenvalue weighted by Gasteiger charge is -2.35. The van der Waals surface area contributed by atoms with Crippen LogP contribution in [-0.2, 0) is 11.3 Å². The third-order valence-corrected chi connectivity index (χ3v) is 7.21. The van der Waals surface area contributed by atoms with Gasteiger partial charge in [0.2, 0.25) is 0 Å². The number of carbonyl (C=O) groups excluding carboxylic acids is 1. The Morgan fingerprint density at radius 2 is 1.79 bits per heavy atom. The standard InChI is InChI=1S/C24H30N2O2S/c27-24(28-18-19-9-3-1-4-10-19)26-16-8-7-13-22(26)20-14-15-23(25-17-20)29-21-11-5-2-6-12-21/h1,3-4,9-10,14-15,17,21-22H,2,5-8,11-13,16,18H2/t22-/m1/s1. The zero-order valence-corrected chi connectivity index (χ0v) is 17.8. The van der Waals surface area contributed by atoms with Gasteiger partial charge < -0.3 is 9.64 Å². The van der Waals surface area contributed by atoms with Gasteiger partial charge in [-0.1, -0.05) is 55.7 Å². The van der Waals surface area contributed by atoms with Crippen LogP contribution in [0.5, 0.6) is 0 Å². The van der Waals surface area contributed by atoms with E-state index in [9.17, 15) is 4.79 Å². The number of benzene rings is 1. The van der Waals surface area contributed by atoms with E-state index >= 15 is 0 Å². The fourth-order valence-corrected chi connectivity index (χ4v) is 5.48. The van der Waals surface area contributed by atoms with E-state index in [0.29, 0.717) is 11.9 Å². The number of rotatable bonds is 5. The molecule has 2 aromatic rings. The highest BCUT2D eigenvalue weighted by molar-refractivity contribution is 7.99. The van der Waals surface area contributed by atoms with Crippen molar-refractivity contribution in [3.63, 3.8) is 0 Å². The summed E-state index contributed by atoms with van der Waals surface area (Å²) in [6.07, 6.45) is 11.5. The number of amides is 1. The van der Waals surface area contributed by atoms with Crippen molar-refractivity contribution in [2.45, 2.75) is 74.3 Å². The lowest BCUT2D eigenvalue weighted by atomic mass is 9.97. The number of aromatic nitrogens is 1. The summed E-state index contributed by atoms with van der Waals surface area (Å²) in [7, 11) is 0. The van der Waals surface area contributed by atoms with E-state index < -0.39 is 0 Å². The van der Waals surface area contributed by atoms with Crippen molar-refractivity contribution in [3.8, 4) is 0 Å². The third-order valence-electron chi connectivity index (χ3n) is 5.93. The minimum Gasteiger partial charge on any atom is -0.445 e. The Labute approximate surface area is 178 Å². The van der Waals surface area contributed by atoms with Crippen molar-refractivity contribution >= 4 is 17.9 Å². The molecule has 1 saturated carbocycles. The second-order valence-electron chi connectivity index (χ2n) is 8.05. The maximum Gasteiger partial charge on any atom is 0.410 e.